The van der Waals surface area contributed by atoms with Crippen molar-refractivity contribution in [3.63, 3.8) is 0 Å². The molecule has 1 saturated carbocycles. The summed E-state index contributed by atoms with van der Waals surface area (Å²) in [4.78, 5) is 0. The maximum absolute atomic E-state index is 6.39. The van der Waals surface area contributed by atoms with Crippen LogP contribution in [0.5, 0.6) is 0 Å². The van der Waals surface area contributed by atoms with E-state index in [1.807, 2.05) is 0 Å². The monoisotopic (exact) mass is 208 g/mol. The molecule has 1 fully saturated rings. The van der Waals surface area contributed by atoms with Gasteiger partial charge in [0, 0.05) is 11.3 Å². The Morgan fingerprint density at radius 2 is 1.86 bits per heavy atom. The molecule has 1 aliphatic carbocycles. The molecule has 76 valence electrons. The maximum Gasteiger partial charge on any atom is 0.0404 e. The molecule has 1 aromatic rings. The fourth-order valence-electron chi connectivity index (χ4n) is 2.44. The lowest BCUT2D eigenvalue weighted by molar-refractivity contribution is 0.449. The van der Waals surface area contributed by atoms with Crippen molar-refractivity contribution in [2.24, 2.45) is 0 Å². The Morgan fingerprint density at radius 3 is 2.57 bits per heavy atom. The zero-order valence-corrected chi connectivity index (χ0v) is 9.43. The van der Waals surface area contributed by atoms with Crippen molar-refractivity contribution < 1.29 is 0 Å². The predicted octanol–water partition coefficient (Wildman–Crippen LogP) is 4.26. The maximum atomic E-state index is 6.39. The summed E-state index contributed by atoms with van der Waals surface area (Å²) in [5.74, 6) is 0.589. The summed E-state index contributed by atoms with van der Waals surface area (Å²) in [6.45, 7) is 2.19. The van der Waals surface area contributed by atoms with Crippen LogP contribution in [0.1, 0.15) is 42.7 Å². The molecule has 1 heteroatoms. The molecule has 0 aromatic heterocycles. The molecule has 0 N–H and O–H groups in total. The Morgan fingerprint density at radius 1 is 1.14 bits per heavy atom. The zero-order valence-electron chi connectivity index (χ0n) is 8.67. The number of hydrogen-bond donors (Lipinski definition) is 0. The molecular weight excluding hydrogens is 192 g/mol. The van der Waals surface area contributed by atoms with Gasteiger partial charge in [0.1, 0.15) is 0 Å². The molecule has 1 aromatic carbocycles. The Balaban J connectivity index is 2.25. The van der Waals surface area contributed by atoms with Gasteiger partial charge in [0.2, 0.25) is 0 Å². The number of alkyl halides is 1. The quantitative estimate of drug-likeness (QED) is 0.605. The highest BCUT2D eigenvalue weighted by Gasteiger charge is 2.25. The van der Waals surface area contributed by atoms with Crippen molar-refractivity contribution >= 4 is 11.6 Å². The topological polar surface area (TPSA) is 0 Å². The van der Waals surface area contributed by atoms with Gasteiger partial charge in [-0.05, 0) is 30.9 Å². The van der Waals surface area contributed by atoms with E-state index in [0.29, 0.717) is 11.3 Å². The molecule has 2 atom stereocenters. The van der Waals surface area contributed by atoms with Crippen molar-refractivity contribution in [3.8, 4) is 0 Å². The van der Waals surface area contributed by atoms with Gasteiger partial charge in [-0.3, -0.25) is 0 Å². The van der Waals surface area contributed by atoms with Gasteiger partial charge >= 0.3 is 0 Å². The van der Waals surface area contributed by atoms with Gasteiger partial charge in [0.25, 0.3) is 0 Å². The van der Waals surface area contributed by atoms with Crippen molar-refractivity contribution in [2.75, 3.05) is 0 Å². The molecule has 0 radical (unpaired) electrons. The van der Waals surface area contributed by atoms with Crippen LogP contribution in [-0.4, -0.2) is 5.38 Å². The second kappa shape index (κ2) is 4.35. The average Bonchev–Trinajstić information content (AvgIpc) is 2.20. The predicted molar refractivity (Wildman–Crippen MR) is 62.0 cm³/mol. The van der Waals surface area contributed by atoms with Crippen LogP contribution in [0.15, 0.2) is 24.3 Å². The van der Waals surface area contributed by atoms with Crippen molar-refractivity contribution in [2.45, 2.75) is 43.9 Å². The van der Waals surface area contributed by atoms with Crippen LogP contribution in [0.3, 0.4) is 0 Å². The summed E-state index contributed by atoms with van der Waals surface area (Å²) in [7, 11) is 0. The van der Waals surface area contributed by atoms with E-state index < -0.39 is 0 Å². The Hall–Kier alpha value is -0.490. The van der Waals surface area contributed by atoms with E-state index in [2.05, 4.69) is 31.2 Å². The minimum Gasteiger partial charge on any atom is -0.122 e. The second-order valence-electron chi connectivity index (χ2n) is 4.26. The molecule has 0 aliphatic heterocycles. The van der Waals surface area contributed by atoms with Gasteiger partial charge in [0.05, 0.1) is 0 Å². The third kappa shape index (κ3) is 1.95. The van der Waals surface area contributed by atoms with Gasteiger partial charge in [-0.25, -0.2) is 0 Å². The lowest BCUT2D eigenvalue weighted by Crippen LogP contribution is -2.18. The van der Waals surface area contributed by atoms with Crippen LogP contribution in [0.25, 0.3) is 0 Å². The average molecular weight is 209 g/mol. The smallest absolute Gasteiger partial charge is 0.0404 e. The number of aryl methyl sites for hydroxylation is 1. The third-order valence-electron chi connectivity index (χ3n) is 3.27. The molecule has 0 unspecified atom stereocenters. The second-order valence-corrected chi connectivity index (χ2v) is 4.82. The minimum atomic E-state index is 0.352. The molecular formula is C13H17Cl. The number of rotatable bonds is 1. The first kappa shape index (κ1) is 10.0. The first-order valence-corrected chi connectivity index (χ1v) is 5.92. The number of benzene rings is 1. The van der Waals surface area contributed by atoms with Crippen LogP contribution in [-0.2, 0) is 0 Å². The highest BCUT2D eigenvalue weighted by molar-refractivity contribution is 6.21. The fourth-order valence-corrected chi connectivity index (χ4v) is 2.85. The standard InChI is InChI=1S/C13H17Cl/c1-10-6-2-3-7-11(10)12-8-4-5-9-13(12)14/h2-3,6-7,12-13H,4-5,8-9H2,1H3/t12-,13-/m1/s1. The SMILES string of the molecule is Cc1ccccc1[C@H]1CCCC[C@H]1Cl. The summed E-state index contributed by atoms with van der Waals surface area (Å²) in [5, 5.41) is 0.352. The molecule has 2 rings (SSSR count). The molecule has 0 saturated heterocycles. The largest absolute Gasteiger partial charge is 0.122 e. The van der Waals surface area contributed by atoms with Crippen molar-refractivity contribution in [1.82, 2.24) is 0 Å². The van der Waals surface area contributed by atoms with E-state index >= 15 is 0 Å². The van der Waals surface area contributed by atoms with Crippen LogP contribution < -0.4 is 0 Å². The fraction of sp³-hybridized carbons (Fsp3) is 0.538. The van der Waals surface area contributed by atoms with Crippen LogP contribution in [0.4, 0.5) is 0 Å². The Bertz CT molecular complexity index is 306. The third-order valence-corrected chi connectivity index (χ3v) is 3.79. The van der Waals surface area contributed by atoms with E-state index in [-0.39, 0.29) is 0 Å². The molecule has 14 heavy (non-hydrogen) atoms. The van der Waals surface area contributed by atoms with Crippen LogP contribution in [0, 0.1) is 6.92 Å². The molecule has 0 heterocycles. The first-order chi connectivity index (χ1) is 6.79. The normalized spacial score (nSPS) is 27.6. The van der Waals surface area contributed by atoms with E-state index in [1.165, 1.54) is 36.8 Å². The molecule has 0 bridgehead atoms. The summed E-state index contributed by atoms with van der Waals surface area (Å²) < 4.78 is 0. The lowest BCUT2D eigenvalue weighted by atomic mass is 9.82. The molecule has 0 amide bonds. The lowest BCUT2D eigenvalue weighted by Gasteiger charge is -2.28. The van der Waals surface area contributed by atoms with Gasteiger partial charge in [-0.1, -0.05) is 37.1 Å². The number of hydrogen-bond acceptors (Lipinski definition) is 0. The number of halogens is 1. The summed E-state index contributed by atoms with van der Waals surface area (Å²) >= 11 is 6.39. The molecule has 0 nitrogen and oxygen atoms in total. The van der Waals surface area contributed by atoms with Crippen molar-refractivity contribution in [1.29, 1.82) is 0 Å². The van der Waals surface area contributed by atoms with Crippen LogP contribution >= 0.6 is 11.6 Å². The summed E-state index contributed by atoms with van der Waals surface area (Å²) in [6.07, 6.45) is 5.08. The highest BCUT2D eigenvalue weighted by Crippen LogP contribution is 2.37. The summed E-state index contributed by atoms with van der Waals surface area (Å²) in [6, 6.07) is 8.65. The van der Waals surface area contributed by atoms with Crippen LogP contribution in [0.2, 0.25) is 0 Å². The molecule has 1 aliphatic rings. The highest BCUT2D eigenvalue weighted by atomic mass is 35.5. The zero-order chi connectivity index (χ0) is 9.97. The van der Waals surface area contributed by atoms with E-state index in [1.54, 1.807) is 0 Å². The van der Waals surface area contributed by atoms with Gasteiger partial charge in [-0.2, -0.15) is 0 Å². The Kier molecular flexibility index (Phi) is 3.12. The van der Waals surface area contributed by atoms with E-state index in [9.17, 15) is 0 Å². The van der Waals surface area contributed by atoms with Gasteiger partial charge in [-0.15, -0.1) is 11.6 Å². The first-order valence-electron chi connectivity index (χ1n) is 5.48. The minimum absolute atomic E-state index is 0.352. The molecule has 0 spiro atoms. The van der Waals surface area contributed by atoms with Gasteiger partial charge in [0.15, 0.2) is 0 Å². The van der Waals surface area contributed by atoms with Gasteiger partial charge < -0.3 is 0 Å². The van der Waals surface area contributed by atoms with E-state index in [0.717, 1.165) is 0 Å². The Labute approximate surface area is 91.3 Å². The summed E-state index contributed by atoms with van der Waals surface area (Å²) in [5.41, 5.74) is 2.86. The van der Waals surface area contributed by atoms with E-state index in [4.69, 9.17) is 11.6 Å². The van der Waals surface area contributed by atoms with Crippen molar-refractivity contribution in [3.05, 3.63) is 35.4 Å².